The number of aryl methyl sites for hydroxylation is 1. The van der Waals surface area contributed by atoms with Crippen molar-refractivity contribution in [2.75, 3.05) is 32.5 Å². The molecule has 12 heteroatoms. The third kappa shape index (κ3) is 9.26. The Balaban J connectivity index is 0.000000670. The first kappa shape index (κ1) is 32.9. The van der Waals surface area contributed by atoms with Crippen LogP contribution in [0.5, 0.6) is 11.5 Å². The Morgan fingerprint density at radius 3 is 2.27 bits per heavy atom. The van der Waals surface area contributed by atoms with Gasteiger partial charge in [0.1, 0.15) is 18.1 Å². The standard InChI is InChI=1S/C30H34N2O4S2.C2H2O4/c1-21-17-22(5-6-24(21)20-31-38(2,34)35)18-28-27-12-9-25(33)19-29(27)37-30(28)23-7-10-26(11-8-23)36-16-15-32-13-3-4-14-32;3-1(4)2(5)6/h5-12,17,19,31,33H,3-4,13-16,18,20H2,1-2H3;(H,3,4)(H,5,6). The number of ether oxygens (including phenoxy) is 1. The summed E-state index contributed by atoms with van der Waals surface area (Å²) in [6.45, 7) is 6.30. The first-order valence-corrected chi connectivity index (χ1v) is 16.8. The maximum absolute atomic E-state index is 11.5. The van der Waals surface area contributed by atoms with Crippen molar-refractivity contribution >= 4 is 43.4 Å². The molecule has 2 heterocycles. The fourth-order valence-electron chi connectivity index (χ4n) is 5.03. The van der Waals surface area contributed by atoms with Crippen molar-refractivity contribution in [1.29, 1.82) is 0 Å². The van der Waals surface area contributed by atoms with E-state index in [0.29, 0.717) is 6.61 Å². The number of nitrogens with one attached hydrogen (secondary N) is 1. The lowest BCUT2D eigenvalue weighted by Crippen LogP contribution is -2.25. The lowest BCUT2D eigenvalue weighted by Gasteiger charge is -2.15. The molecule has 10 nitrogen and oxygen atoms in total. The number of thiophene rings is 1. The van der Waals surface area contributed by atoms with Gasteiger partial charge in [0.15, 0.2) is 0 Å². The van der Waals surface area contributed by atoms with Gasteiger partial charge in [0.05, 0.1) is 6.26 Å². The van der Waals surface area contributed by atoms with Gasteiger partial charge in [0.2, 0.25) is 10.0 Å². The summed E-state index contributed by atoms with van der Waals surface area (Å²) in [7, 11) is -3.25. The number of aliphatic carboxylic acids is 2. The summed E-state index contributed by atoms with van der Waals surface area (Å²) in [5.41, 5.74) is 5.50. The maximum Gasteiger partial charge on any atom is 0.414 e. The number of aromatic hydroxyl groups is 1. The molecule has 3 aromatic carbocycles. The topological polar surface area (TPSA) is 153 Å². The number of phenols is 1. The fraction of sp³-hybridized carbons (Fsp3) is 0.312. The van der Waals surface area contributed by atoms with Crippen LogP contribution in [0, 0.1) is 6.92 Å². The van der Waals surface area contributed by atoms with E-state index in [1.54, 1.807) is 17.4 Å². The number of hydrogen-bond donors (Lipinski definition) is 4. The Morgan fingerprint density at radius 1 is 0.977 bits per heavy atom. The molecule has 5 rings (SSSR count). The third-order valence-corrected chi connectivity index (χ3v) is 9.18. The van der Waals surface area contributed by atoms with Gasteiger partial charge in [-0.25, -0.2) is 22.7 Å². The summed E-state index contributed by atoms with van der Waals surface area (Å²) in [4.78, 5) is 21.8. The summed E-state index contributed by atoms with van der Waals surface area (Å²) in [5, 5.41) is 26.0. The molecule has 0 aliphatic carbocycles. The number of carboxylic acid groups (broad SMARTS) is 2. The number of fused-ring (bicyclic) bond motifs is 1. The number of rotatable bonds is 10. The van der Waals surface area contributed by atoms with Crippen molar-refractivity contribution in [2.24, 2.45) is 0 Å². The fourth-order valence-corrected chi connectivity index (χ4v) is 6.71. The van der Waals surface area contributed by atoms with E-state index in [4.69, 9.17) is 24.5 Å². The maximum atomic E-state index is 11.5. The van der Waals surface area contributed by atoms with Crippen molar-refractivity contribution in [3.63, 3.8) is 0 Å². The molecule has 4 aromatic rings. The highest BCUT2D eigenvalue weighted by atomic mass is 32.2. The van der Waals surface area contributed by atoms with Crippen molar-refractivity contribution in [1.82, 2.24) is 9.62 Å². The zero-order valence-electron chi connectivity index (χ0n) is 24.6. The second kappa shape index (κ2) is 14.7. The molecule has 0 bridgehead atoms. The van der Waals surface area contributed by atoms with Gasteiger partial charge in [-0.15, -0.1) is 11.3 Å². The molecular weight excluding hydrogens is 604 g/mol. The zero-order chi connectivity index (χ0) is 31.9. The quantitative estimate of drug-likeness (QED) is 0.178. The summed E-state index contributed by atoms with van der Waals surface area (Å²) in [6.07, 6.45) is 4.47. The van der Waals surface area contributed by atoms with Crippen molar-refractivity contribution < 1.29 is 38.1 Å². The summed E-state index contributed by atoms with van der Waals surface area (Å²) in [6, 6.07) is 20.1. The van der Waals surface area contributed by atoms with Crippen molar-refractivity contribution in [3.8, 4) is 21.9 Å². The van der Waals surface area contributed by atoms with E-state index >= 15 is 0 Å². The number of likely N-dealkylation sites (tertiary alicyclic amines) is 1. The molecule has 0 spiro atoms. The SMILES string of the molecule is Cc1cc(Cc2c(-c3ccc(OCCN4CCCC4)cc3)sc3cc(O)ccc23)ccc1CNS(C)(=O)=O.O=C(O)C(=O)O. The van der Waals surface area contributed by atoms with E-state index in [-0.39, 0.29) is 12.3 Å². The van der Waals surface area contributed by atoms with Crippen LogP contribution in [0.3, 0.4) is 0 Å². The van der Waals surface area contributed by atoms with Gasteiger partial charge in [-0.05, 0) is 115 Å². The highest BCUT2D eigenvalue weighted by molar-refractivity contribution is 7.88. The van der Waals surface area contributed by atoms with Crippen LogP contribution in [0.25, 0.3) is 20.5 Å². The Kier molecular flexibility index (Phi) is 11.0. The Hall–Kier alpha value is -3.97. The number of benzene rings is 3. The van der Waals surface area contributed by atoms with E-state index < -0.39 is 22.0 Å². The number of phenolic OH excluding ortho intramolecular Hbond substituents is 1. The molecule has 1 aromatic heterocycles. The Bertz CT molecular complexity index is 1720. The highest BCUT2D eigenvalue weighted by Gasteiger charge is 2.16. The molecule has 0 radical (unpaired) electrons. The normalized spacial score (nSPS) is 13.4. The summed E-state index contributed by atoms with van der Waals surface area (Å²) >= 11 is 1.68. The lowest BCUT2D eigenvalue weighted by molar-refractivity contribution is -0.159. The Labute approximate surface area is 260 Å². The average molecular weight is 641 g/mol. The van der Waals surface area contributed by atoms with Crippen LogP contribution in [0.2, 0.25) is 0 Å². The van der Waals surface area contributed by atoms with Gasteiger partial charge in [0, 0.05) is 22.7 Å². The molecule has 0 saturated carbocycles. The van der Waals surface area contributed by atoms with Crippen LogP contribution in [-0.2, 0) is 32.6 Å². The van der Waals surface area contributed by atoms with Gasteiger partial charge in [-0.3, -0.25) is 4.90 Å². The monoisotopic (exact) mass is 640 g/mol. The van der Waals surface area contributed by atoms with Crippen molar-refractivity contribution in [3.05, 3.63) is 82.9 Å². The molecule has 234 valence electrons. The van der Waals surface area contributed by atoms with Crippen LogP contribution in [0.15, 0.2) is 60.7 Å². The van der Waals surface area contributed by atoms with Crippen LogP contribution in [0.1, 0.15) is 35.1 Å². The lowest BCUT2D eigenvalue weighted by atomic mass is 9.96. The molecule has 0 atom stereocenters. The minimum Gasteiger partial charge on any atom is -0.508 e. The van der Waals surface area contributed by atoms with E-state index in [9.17, 15) is 13.5 Å². The van der Waals surface area contributed by atoms with Gasteiger partial charge < -0.3 is 20.1 Å². The van der Waals surface area contributed by atoms with E-state index in [2.05, 4.69) is 33.9 Å². The number of carboxylic acids is 2. The number of carbonyl (C=O) groups is 2. The number of sulfonamides is 1. The molecule has 44 heavy (non-hydrogen) atoms. The first-order chi connectivity index (χ1) is 20.9. The number of hydrogen-bond acceptors (Lipinski definition) is 8. The highest BCUT2D eigenvalue weighted by Crippen LogP contribution is 2.41. The molecule has 1 aliphatic heterocycles. The van der Waals surface area contributed by atoms with Gasteiger partial charge in [-0.1, -0.05) is 18.2 Å². The molecule has 1 saturated heterocycles. The predicted octanol–water partition coefficient (Wildman–Crippen LogP) is 4.85. The minimum atomic E-state index is -3.25. The molecule has 1 fully saturated rings. The van der Waals surface area contributed by atoms with E-state index in [1.165, 1.54) is 42.6 Å². The average Bonchev–Trinajstić information content (AvgIpc) is 3.61. The summed E-state index contributed by atoms with van der Waals surface area (Å²) in [5.74, 6) is -2.51. The Morgan fingerprint density at radius 2 is 1.66 bits per heavy atom. The minimum absolute atomic E-state index is 0.261. The zero-order valence-corrected chi connectivity index (χ0v) is 26.2. The van der Waals surface area contributed by atoms with Gasteiger partial charge >= 0.3 is 11.9 Å². The van der Waals surface area contributed by atoms with Crippen LogP contribution in [0.4, 0.5) is 0 Å². The largest absolute Gasteiger partial charge is 0.508 e. The molecule has 1 aliphatic rings. The van der Waals surface area contributed by atoms with Crippen LogP contribution < -0.4 is 9.46 Å². The van der Waals surface area contributed by atoms with Gasteiger partial charge in [-0.2, -0.15) is 0 Å². The molecular formula is C32H36N2O8S2. The predicted molar refractivity (Wildman–Crippen MR) is 171 cm³/mol. The van der Waals surface area contributed by atoms with Gasteiger partial charge in [0.25, 0.3) is 0 Å². The second-order valence-electron chi connectivity index (χ2n) is 10.7. The van der Waals surface area contributed by atoms with Crippen molar-refractivity contribution in [2.45, 2.75) is 32.7 Å². The van der Waals surface area contributed by atoms with E-state index in [0.717, 1.165) is 51.1 Å². The van der Waals surface area contributed by atoms with E-state index in [1.807, 2.05) is 37.3 Å². The first-order valence-electron chi connectivity index (χ1n) is 14.1. The molecule has 4 N–H and O–H groups in total. The molecule has 0 unspecified atom stereocenters. The second-order valence-corrected chi connectivity index (χ2v) is 13.5. The smallest absolute Gasteiger partial charge is 0.414 e. The third-order valence-electron chi connectivity index (χ3n) is 7.26. The number of nitrogens with zero attached hydrogens (tertiary/aromatic N) is 1. The molecule has 0 amide bonds. The van der Waals surface area contributed by atoms with Crippen LogP contribution >= 0.6 is 11.3 Å². The summed E-state index contributed by atoms with van der Waals surface area (Å²) < 4.78 is 32.6. The van der Waals surface area contributed by atoms with Crippen LogP contribution in [-0.4, -0.2) is 73.1 Å².